The third-order valence-corrected chi connectivity index (χ3v) is 3.77. The number of rotatable bonds is 4. The monoisotopic (exact) mass is 391 g/mol. The highest BCUT2D eigenvalue weighted by molar-refractivity contribution is 5.96. The fourth-order valence-electron chi connectivity index (χ4n) is 2.34. The van der Waals surface area contributed by atoms with Crippen LogP contribution in [0.3, 0.4) is 0 Å². The summed E-state index contributed by atoms with van der Waals surface area (Å²) < 4.78 is 81.7. The number of amides is 1. The third-order valence-electron chi connectivity index (χ3n) is 3.77. The van der Waals surface area contributed by atoms with Crippen LogP contribution in [0.4, 0.5) is 32.2 Å². The van der Waals surface area contributed by atoms with Crippen LogP contribution in [0.25, 0.3) is 0 Å². The molecule has 0 atom stereocenters. The van der Waals surface area contributed by atoms with Crippen molar-refractivity contribution in [2.45, 2.75) is 31.9 Å². The van der Waals surface area contributed by atoms with Gasteiger partial charge in [0.2, 0.25) is 0 Å². The van der Waals surface area contributed by atoms with Gasteiger partial charge in [0.05, 0.1) is 0 Å². The Labute approximate surface area is 150 Å². The van der Waals surface area contributed by atoms with Crippen LogP contribution < -0.4 is 10.6 Å². The average Bonchev–Trinajstić information content (AvgIpc) is 2.52. The molecular weight excluding hydrogens is 376 g/mol. The van der Waals surface area contributed by atoms with Gasteiger partial charge in [-0.05, 0) is 43.2 Å². The molecule has 146 valence electrons. The quantitative estimate of drug-likeness (QED) is 0.602. The minimum Gasteiger partial charge on any atom is -0.332 e. The zero-order valence-electron chi connectivity index (χ0n) is 14.2. The first kappa shape index (κ1) is 20.5. The number of anilines is 1. The van der Waals surface area contributed by atoms with Gasteiger partial charge in [-0.25, -0.2) is 4.98 Å². The van der Waals surface area contributed by atoms with Gasteiger partial charge in [-0.2, -0.15) is 26.3 Å². The lowest BCUT2D eigenvalue weighted by molar-refractivity contribution is -0.294. The molecule has 27 heavy (non-hydrogen) atoms. The van der Waals surface area contributed by atoms with E-state index in [-0.39, 0.29) is 11.1 Å². The smallest absolute Gasteiger partial charge is 0.332 e. The first-order valence-corrected chi connectivity index (χ1v) is 7.60. The maximum Gasteiger partial charge on any atom is 0.439 e. The van der Waals surface area contributed by atoms with Crippen molar-refractivity contribution in [3.05, 3.63) is 59.3 Å². The summed E-state index contributed by atoms with van der Waals surface area (Å²) in [4.78, 5) is 15.7. The van der Waals surface area contributed by atoms with Crippen LogP contribution in [0.2, 0.25) is 0 Å². The molecule has 0 aliphatic carbocycles. The van der Waals surface area contributed by atoms with Crippen molar-refractivity contribution in [1.82, 2.24) is 10.3 Å². The van der Waals surface area contributed by atoms with Crippen LogP contribution in [-0.2, 0) is 0 Å². The van der Waals surface area contributed by atoms with Crippen molar-refractivity contribution < 1.29 is 31.1 Å². The van der Waals surface area contributed by atoms with E-state index in [2.05, 4.69) is 4.98 Å². The van der Waals surface area contributed by atoms with Gasteiger partial charge in [0.15, 0.2) is 0 Å². The van der Waals surface area contributed by atoms with Gasteiger partial charge in [0.25, 0.3) is 5.91 Å². The van der Waals surface area contributed by atoms with Crippen LogP contribution in [0, 0.1) is 13.8 Å². The molecule has 0 radical (unpaired) electrons. The molecule has 0 aliphatic heterocycles. The second kappa shape index (κ2) is 7.09. The van der Waals surface area contributed by atoms with E-state index in [9.17, 15) is 31.1 Å². The van der Waals surface area contributed by atoms with Crippen molar-refractivity contribution in [3.63, 3.8) is 0 Å². The van der Waals surface area contributed by atoms with E-state index >= 15 is 0 Å². The second-order valence-electron chi connectivity index (χ2n) is 5.86. The molecule has 0 spiro atoms. The fourth-order valence-corrected chi connectivity index (χ4v) is 2.34. The lowest BCUT2D eigenvalue weighted by Crippen LogP contribution is -2.72. The highest BCUT2D eigenvalue weighted by atomic mass is 19.4. The molecule has 1 aromatic carbocycles. The first-order chi connectivity index (χ1) is 12.4. The highest BCUT2D eigenvalue weighted by Crippen LogP contribution is 2.43. The summed E-state index contributed by atoms with van der Waals surface area (Å²) in [6, 6.07) is 7.77. The summed E-state index contributed by atoms with van der Waals surface area (Å²) in [6.07, 6.45) is -10.8. The Morgan fingerprint density at radius 3 is 2.07 bits per heavy atom. The summed E-state index contributed by atoms with van der Waals surface area (Å²) in [7, 11) is 0. The topological polar surface area (TPSA) is 54.0 Å². The number of pyridine rings is 1. The maximum absolute atomic E-state index is 13.6. The molecule has 0 saturated carbocycles. The number of nitrogens with one attached hydrogen (secondary N) is 2. The Kier molecular flexibility index (Phi) is 5.39. The van der Waals surface area contributed by atoms with E-state index in [1.807, 2.05) is 0 Å². The number of nitrogens with zero attached hydrogens (tertiary/aromatic N) is 1. The molecule has 0 aliphatic rings. The van der Waals surface area contributed by atoms with Crippen LogP contribution >= 0.6 is 0 Å². The number of hydrogen-bond acceptors (Lipinski definition) is 3. The van der Waals surface area contributed by atoms with Crippen LogP contribution in [0.15, 0.2) is 42.6 Å². The van der Waals surface area contributed by atoms with Crippen LogP contribution in [-0.4, -0.2) is 28.9 Å². The first-order valence-electron chi connectivity index (χ1n) is 7.60. The number of aryl methyl sites for hydroxylation is 2. The molecule has 4 nitrogen and oxygen atoms in total. The largest absolute Gasteiger partial charge is 0.439 e. The Bertz CT molecular complexity index is 818. The molecule has 1 heterocycles. The lowest BCUT2D eigenvalue weighted by Gasteiger charge is -2.38. The molecule has 10 heteroatoms. The lowest BCUT2D eigenvalue weighted by atomic mass is 10.0. The number of alkyl halides is 6. The van der Waals surface area contributed by atoms with E-state index in [4.69, 9.17) is 0 Å². The van der Waals surface area contributed by atoms with Gasteiger partial charge in [-0.3, -0.25) is 4.79 Å². The normalized spacial score (nSPS) is 12.6. The molecule has 0 saturated heterocycles. The van der Waals surface area contributed by atoms with E-state index in [0.29, 0.717) is 5.56 Å². The summed E-state index contributed by atoms with van der Waals surface area (Å²) in [5.41, 5.74) is -4.42. The Balaban J connectivity index is 2.55. The zero-order chi connectivity index (χ0) is 20.5. The van der Waals surface area contributed by atoms with Gasteiger partial charge in [0.1, 0.15) is 5.82 Å². The van der Waals surface area contributed by atoms with Crippen molar-refractivity contribution in [2.75, 3.05) is 5.32 Å². The maximum atomic E-state index is 13.6. The standard InChI is InChI=1S/C17H15F6N3O/c1-10-7-8-24-13(9-10)25-15(16(18,19)20,17(21,22)23)26-14(27)12-6-4-3-5-11(12)2/h3-9H,1-2H3,(H,24,25)(H,26,27). The van der Waals surface area contributed by atoms with Gasteiger partial charge in [-0.1, -0.05) is 18.2 Å². The number of halogens is 6. The second-order valence-corrected chi connectivity index (χ2v) is 5.86. The Morgan fingerprint density at radius 1 is 0.963 bits per heavy atom. The number of aromatic nitrogens is 1. The Morgan fingerprint density at radius 2 is 1.56 bits per heavy atom. The van der Waals surface area contributed by atoms with Gasteiger partial charge in [-0.15, -0.1) is 0 Å². The van der Waals surface area contributed by atoms with Crippen molar-refractivity contribution in [2.24, 2.45) is 0 Å². The molecule has 1 amide bonds. The molecule has 1 aromatic heterocycles. The van der Waals surface area contributed by atoms with E-state index < -0.39 is 29.7 Å². The van der Waals surface area contributed by atoms with Gasteiger partial charge < -0.3 is 10.6 Å². The molecule has 2 aromatic rings. The van der Waals surface area contributed by atoms with Crippen molar-refractivity contribution >= 4 is 11.7 Å². The van der Waals surface area contributed by atoms with Crippen molar-refractivity contribution in [3.8, 4) is 0 Å². The third kappa shape index (κ3) is 4.15. The van der Waals surface area contributed by atoms with Crippen LogP contribution in [0.1, 0.15) is 21.5 Å². The van der Waals surface area contributed by atoms with Gasteiger partial charge >= 0.3 is 18.0 Å². The summed E-state index contributed by atoms with van der Waals surface area (Å²) in [5.74, 6) is -2.21. The Hall–Kier alpha value is -2.78. The number of benzene rings is 1. The minimum absolute atomic E-state index is 0.224. The highest BCUT2D eigenvalue weighted by Gasteiger charge is 2.72. The fraction of sp³-hybridized carbons (Fsp3) is 0.294. The molecule has 0 unspecified atom stereocenters. The van der Waals surface area contributed by atoms with E-state index in [1.54, 1.807) is 0 Å². The zero-order valence-corrected chi connectivity index (χ0v) is 14.2. The number of carbonyl (C=O) groups is 1. The molecule has 0 fully saturated rings. The predicted molar refractivity (Wildman–Crippen MR) is 86.1 cm³/mol. The number of hydrogen-bond donors (Lipinski definition) is 2. The van der Waals surface area contributed by atoms with E-state index in [1.165, 1.54) is 43.4 Å². The van der Waals surface area contributed by atoms with Gasteiger partial charge in [0, 0.05) is 11.8 Å². The SMILES string of the molecule is Cc1ccnc(NC(NC(=O)c2ccccc2C)(C(F)(F)F)C(F)(F)F)c1. The average molecular weight is 391 g/mol. The number of carbonyl (C=O) groups excluding carboxylic acids is 1. The minimum atomic E-state index is -5.91. The van der Waals surface area contributed by atoms with Crippen LogP contribution in [0.5, 0.6) is 0 Å². The predicted octanol–water partition coefficient (Wildman–Crippen LogP) is 4.36. The van der Waals surface area contributed by atoms with Crippen molar-refractivity contribution in [1.29, 1.82) is 0 Å². The molecule has 2 rings (SSSR count). The molecule has 0 bridgehead atoms. The van der Waals surface area contributed by atoms with E-state index in [0.717, 1.165) is 23.6 Å². The summed E-state index contributed by atoms with van der Waals surface area (Å²) in [5, 5.41) is 2.44. The summed E-state index contributed by atoms with van der Waals surface area (Å²) in [6.45, 7) is 2.87. The molecule has 2 N–H and O–H groups in total. The summed E-state index contributed by atoms with van der Waals surface area (Å²) >= 11 is 0. The molecular formula is C17H15F6N3O.